The van der Waals surface area contributed by atoms with Gasteiger partial charge in [-0.1, -0.05) is 42.0 Å². The van der Waals surface area contributed by atoms with E-state index in [2.05, 4.69) is 5.32 Å². The molecule has 7 heteroatoms. The molecule has 0 aliphatic carbocycles. The van der Waals surface area contributed by atoms with Gasteiger partial charge >= 0.3 is 0 Å². The molecule has 0 radical (unpaired) electrons. The molecule has 1 aliphatic rings. The fourth-order valence-electron chi connectivity index (χ4n) is 2.77. The monoisotopic (exact) mass is 374 g/mol. The number of anilines is 1. The van der Waals surface area contributed by atoms with E-state index in [4.69, 9.17) is 4.74 Å². The Hall–Kier alpha value is -2.54. The minimum Gasteiger partial charge on any atom is -0.476 e. The molecule has 1 unspecified atom stereocenters. The molecule has 1 aliphatic heterocycles. The van der Waals surface area contributed by atoms with Gasteiger partial charge in [-0.25, -0.2) is 8.42 Å². The number of hydrogen-bond donors (Lipinski definition) is 1. The summed E-state index contributed by atoms with van der Waals surface area (Å²) in [5, 5.41) is 2.82. The number of benzene rings is 2. The summed E-state index contributed by atoms with van der Waals surface area (Å²) in [7, 11) is -3.50. The summed E-state index contributed by atoms with van der Waals surface area (Å²) in [5.41, 5.74) is 2.59. The van der Waals surface area contributed by atoms with Crippen LogP contribution < -0.4 is 14.4 Å². The van der Waals surface area contributed by atoms with Gasteiger partial charge < -0.3 is 10.1 Å². The molecule has 1 amide bonds. The van der Waals surface area contributed by atoms with E-state index in [0.29, 0.717) is 18.0 Å². The van der Waals surface area contributed by atoms with E-state index in [9.17, 15) is 13.2 Å². The molecule has 0 saturated heterocycles. The number of fused-ring (bicyclic) bond motifs is 1. The quantitative estimate of drug-likeness (QED) is 0.871. The number of carbonyl (C=O) groups is 1. The predicted octanol–water partition coefficient (Wildman–Crippen LogP) is 2.23. The second kappa shape index (κ2) is 7.37. The fourth-order valence-corrected chi connectivity index (χ4v) is 3.89. The first-order valence-electron chi connectivity index (χ1n) is 8.50. The summed E-state index contributed by atoms with van der Waals surface area (Å²) >= 11 is 0. The van der Waals surface area contributed by atoms with Crippen LogP contribution in [0.3, 0.4) is 0 Å². The van der Waals surface area contributed by atoms with Crippen molar-refractivity contribution in [3.8, 4) is 5.75 Å². The summed E-state index contributed by atoms with van der Waals surface area (Å²) in [6, 6.07) is 14.7. The van der Waals surface area contributed by atoms with Gasteiger partial charge in [-0.15, -0.1) is 0 Å². The van der Waals surface area contributed by atoms with Gasteiger partial charge in [-0.05, 0) is 31.5 Å². The molecule has 1 atom stereocenters. The van der Waals surface area contributed by atoms with Crippen LogP contribution in [-0.4, -0.2) is 32.7 Å². The molecule has 1 N–H and O–H groups in total. The molecule has 26 heavy (non-hydrogen) atoms. The van der Waals surface area contributed by atoms with Gasteiger partial charge in [0.2, 0.25) is 10.0 Å². The van der Waals surface area contributed by atoms with E-state index < -0.39 is 16.1 Å². The van der Waals surface area contributed by atoms with Crippen molar-refractivity contribution in [1.29, 1.82) is 0 Å². The van der Waals surface area contributed by atoms with E-state index in [1.807, 2.05) is 31.2 Å². The Labute approximate surface area is 153 Å². The van der Waals surface area contributed by atoms with Crippen LogP contribution in [0.4, 0.5) is 5.69 Å². The lowest BCUT2D eigenvalue weighted by atomic mass is 10.1. The largest absolute Gasteiger partial charge is 0.476 e. The van der Waals surface area contributed by atoms with E-state index in [1.165, 1.54) is 4.31 Å². The molecule has 1 heterocycles. The molecule has 0 aromatic heterocycles. The van der Waals surface area contributed by atoms with Gasteiger partial charge in [0.05, 0.1) is 18.0 Å². The maximum atomic E-state index is 12.6. The average molecular weight is 374 g/mol. The number of nitrogens with one attached hydrogen (secondary N) is 1. The second-order valence-corrected chi connectivity index (χ2v) is 8.39. The van der Waals surface area contributed by atoms with E-state index in [1.54, 1.807) is 31.2 Å². The lowest BCUT2D eigenvalue weighted by molar-refractivity contribution is -0.127. The number of ether oxygens (including phenoxy) is 1. The average Bonchev–Trinajstić information content (AvgIpc) is 2.66. The first-order valence-corrected chi connectivity index (χ1v) is 10.1. The highest BCUT2D eigenvalue weighted by Crippen LogP contribution is 2.35. The molecule has 2 aromatic rings. The van der Waals surface area contributed by atoms with E-state index in [0.717, 1.165) is 11.1 Å². The number of sulfonamides is 1. The Bertz CT molecular complexity index is 894. The van der Waals surface area contributed by atoms with Crippen molar-refractivity contribution in [2.45, 2.75) is 26.5 Å². The van der Waals surface area contributed by atoms with Crippen LogP contribution in [0.5, 0.6) is 5.75 Å². The number of nitrogens with zero attached hydrogens (tertiary/aromatic N) is 1. The Kier molecular flexibility index (Phi) is 5.18. The van der Waals surface area contributed by atoms with Crippen molar-refractivity contribution >= 4 is 21.6 Å². The Morgan fingerprint density at radius 3 is 2.58 bits per heavy atom. The van der Waals surface area contributed by atoms with Crippen LogP contribution in [0.25, 0.3) is 0 Å². The molecular formula is C19H22N2O4S. The normalized spacial score (nSPS) is 16.5. The van der Waals surface area contributed by atoms with Crippen molar-refractivity contribution in [3.05, 3.63) is 59.7 Å². The number of carbonyl (C=O) groups excluding carboxylic acids is 1. The number of hydrogen-bond acceptors (Lipinski definition) is 4. The van der Waals surface area contributed by atoms with Crippen LogP contribution in [0.2, 0.25) is 0 Å². The standard InChI is InChI=1S/C19H22N2O4S/c1-3-26(23,24)21-13-18(25-17-7-5-4-6-16(17)21)19(22)20-12-15-10-8-14(2)9-11-15/h4-11,18H,3,12-13H2,1-2H3,(H,20,22). The number of rotatable bonds is 5. The van der Waals surface area contributed by atoms with Gasteiger partial charge in [0.1, 0.15) is 5.75 Å². The van der Waals surface area contributed by atoms with Crippen molar-refractivity contribution in [1.82, 2.24) is 5.32 Å². The third-order valence-electron chi connectivity index (χ3n) is 4.32. The van der Waals surface area contributed by atoms with Gasteiger partial charge in [-0.2, -0.15) is 0 Å². The first kappa shape index (κ1) is 18.3. The topological polar surface area (TPSA) is 75.7 Å². The molecule has 0 bridgehead atoms. The first-order chi connectivity index (χ1) is 12.4. The SMILES string of the molecule is CCS(=O)(=O)N1CC(C(=O)NCc2ccc(C)cc2)Oc2ccccc21. The molecule has 6 nitrogen and oxygen atoms in total. The molecule has 0 fully saturated rings. The van der Waals surface area contributed by atoms with Gasteiger partial charge in [0.25, 0.3) is 5.91 Å². The maximum absolute atomic E-state index is 12.6. The number of amides is 1. The molecule has 0 spiro atoms. The highest BCUT2D eigenvalue weighted by Gasteiger charge is 2.35. The smallest absolute Gasteiger partial charge is 0.263 e. The number of aryl methyl sites for hydroxylation is 1. The maximum Gasteiger partial charge on any atom is 0.263 e. The zero-order valence-corrected chi connectivity index (χ0v) is 15.6. The Morgan fingerprint density at radius 1 is 1.19 bits per heavy atom. The number of para-hydroxylation sites is 2. The van der Waals surface area contributed by atoms with Crippen LogP contribution in [0, 0.1) is 6.92 Å². The van der Waals surface area contributed by atoms with Gasteiger partial charge in [0.15, 0.2) is 6.10 Å². The third kappa shape index (κ3) is 3.83. The minimum atomic E-state index is -3.50. The molecule has 2 aromatic carbocycles. The van der Waals surface area contributed by atoms with Crippen molar-refractivity contribution < 1.29 is 17.9 Å². The lowest BCUT2D eigenvalue weighted by Gasteiger charge is -2.34. The molecule has 138 valence electrons. The van der Waals surface area contributed by atoms with Gasteiger partial charge in [-0.3, -0.25) is 9.10 Å². The highest BCUT2D eigenvalue weighted by atomic mass is 32.2. The Morgan fingerprint density at radius 2 is 1.88 bits per heavy atom. The summed E-state index contributed by atoms with van der Waals surface area (Å²) in [4.78, 5) is 12.6. The van der Waals surface area contributed by atoms with Crippen LogP contribution in [0.15, 0.2) is 48.5 Å². The summed E-state index contributed by atoms with van der Waals surface area (Å²) in [5.74, 6) is 0.0154. The fraction of sp³-hybridized carbons (Fsp3) is 0.316. The van der Waals surface area contributed by atoms with Crippen molar-refractivity contribution in [2.24, 2.45) is 0 Å². The van der Waals surface area contributed by atoms with Gasteiger partial charge in [0, 0.05) is 6.54 Å². The van der Waals surface area contributed by atoms with Crippen LogP contribution in [-0.2, 0) is 21.4 Å². The zero-order chi connectivity index (χ0) is 18.7. The molecule has 0 saturated carbocycles. The Balaban J connectivity index is 1.76. The highest BCUT2D eigenvalue weighted by molar-refractivity contribution is 7.92. The van der Waals surface area contributed by atoms with Crippen molar-refractivity contribution in [2.75, 3.05) is 16.6 Å². The molecular weight excluding hydrogens is 352 g/mol. The summed E-state index contributed by atoms with van der Waals surface area (Å²) in [6.07, 6.45) is -0.892. The lowest BCUT2D eigenvalue weighted by Crippen LogP contribution is -2.50. The second-order valence-electron chi connectivity index (χ2n) is 6.21. The van der Waals surface area contributed by atoms with Crippen molar-refractivity contribution in [3.63, 3.8) is 0 Å². The van der Waals surface area contributed by atoms with E-state index in [-0.39, 0.29) is 18.2 Å². The third-order valence-corrected chi connectivity index (χ3v) is 6.06. The van der Waals surface area contributed by atoms with Crippen LogP contribution >= 0.6 is 0 Å². The molecule has 3 rings (SSSR count). The zero-order valence-electron chi connectivity index (χ0n) is 14.8. The minimum absolute atomic E-state index is 0.0348. The summed E-state index contributed by atoms with van der Waals surface area (Å²) in [6.45, 7) is 3.91. The summed E-state index contributed by atoms with van der Waals surface area (Å²) < 4.78 is 31.9. The van der Waals surface area contributed by atoms with Crippen LogP contribution in [0.1, 0.15) is 18.1 Å². The van der Waals surface area contributed by atoms with E-state index >= 15 is 0 Å². The predicted molar refractivity (Wildman–Crippen MR) is 101 cm³/mol.